The zero-order valence-corrected chi connectivity index (χ0v) is 13.8. The molecule has 0 unspecified atom stereocenters. The molecular formula is C17H19BrFNO. The minimum Gasteiger partial charge on any atom is -0.457 e. The quantitative estimate of drug-likeness (QED) is 0.723. The van der Waals surface area contributed by atoms with E-state index in [1.165, 1.54) is 6.07 Å². The van der Waals surface area contributed by atoms with Gasteiger partial charge in [0.05, 0.1) is 0 Å². The van der Waals surface area contributed by atoms with Gasteiger partial charge in [-0.1, -0.05) is 22.9 Å². The molecule has 0 atom stereocenters. The monoisotopic (exact) mass is 351 g/mol. The van der Waals surface area contributed by atoms with E-state index in [0.29, 0.717) is 11.3 Å². The molecule has 112 valence electrons. The van der Waals surface area contributed by atoms with Crippen molar-refractivity contribution >= 4 is 15.9 Å². The third-order valence-electron chi connectivity index (χ3n) is 3.12. The first-order valence-electron chi connectivity index (χ1n) is 7.03. The lowest BCUT2D eigenvalue weighted by Gasteiger charge is -2.13. The largest absolute Gasteiger partial charge is 0.457 e. The molecule has 2 aromatic rings. The van der Waals surface area contributed by atoms with Crippen molar-refractivity contribution in [2.24, 2.45) is 0 Å². The van der Waals surface area contributed by atoms with Gasteiger partial charge < -0.3 is 10.1 Å². The zero-order chi connectivity index (χ0) is 15.2. The maximum Gasteiger partial charge on any atom is 0.131 e. The first kappa shape index (κ1) is 16.0. The van der Waals surface area contributed by atoms with E-state index >= 15 is 0 Å². The molecule has 0 bridgehead atoms. The minimum absolute atomic E-state index is 0.219. The summed E-state index contributed by atoms with van der Waals surface area (Å²) in [5.74, 6) is 1.21. The van der Waals surface area contributed by atoms with Crippen LogP contribution in [0.5, 0.6) is 11.5 Å². The van der Waals surface area contributed by atoms with Crippen LogP contribution >= 0.6 is 15.9 Å². The Hall–Kier alpha value is -1.39. The van der Waals surface area contributed by atoms with Gasteiger partial charge in [0, 0.05) is 16.6 Å². The molecule has 1 N–H and O–H groups in total. The average Bonchev–Trinajstić information content (AvgIpc) is 2.46. The molecule has 4 heteroatoms. The van der Waals surface area contributed by atoms with Gasteiger partial charge in [-0.2, -0.15) is 0 Å². The topological polar surface area (TPSA) is 21.3 Å². The van der Waals surface area contributed by atoms with E-state index < -0.39 is 0 Å². The summed E-state index contributed by atoms with van der Waals surface area (Å²) in [7, 11) is 0. The van der Waals surface area contributed by atoms with Crippen molar-refractivity contribution in [2.45, 2.75) is 26.8 Å². The third kappa shape index (κ3) is 4.55. The Bertz CT molecular complexity index is 616. The lowest BCUT2D eigenvalue weighted by atomic mass is 10.2. The average molecular weight is 352 g/mol. The molecule has 0 saturated carbocycles. The molecule has 0 amide bonds. The van der Waals surface area contributed by atoms with E-state index in [-0.39, 0.29) is 5.82 Å². The smallest absolute Gasteiger partial charge is 0.131 e. The summed E-state index contributed by atoms with van der Waals surface area (Å²) in [6.07, 6.45) is 1.08. The number of aryl methyl sites for hydroxylation is 1. The van der Waals surface area contributed by atoms with Gasteiger partial charge in [-0.3, -0.25) is 0 Å². The standard InChI is InChI=1S/C17H19BrFNO/c1-3-8-20-11-13-10-14(18)4-7-17(13)21-15-5-6-16(19)12(2)9-15/h4-7,9-10,20H,3,8,11H2,1-2H3. The van der Waals surface area contributed by atoms with Gasteiger partial charge in [-0.25, -0.2) is 4.39 Å². The fraction of sp³-hybridized carbons (Fsp3) is 0.294. The van der Waals surface area contributed by atoms with Gasteiger partial charge in [0.15, 0.2) is 0 Å². The Morgan fingerprint density at radius 2 is 2.00 bits per heavy atom. The van der Waals surface area contributed by atoms with E-state index in [0.717, 1.165) is 35.3 Å². The highest BCUT2D eigenvalue weighted by Crippen LogP contribution is 2.29. The van der Waals surface area contributed by atoms with Crippen molar-refractivity contribution in [3.63, 3.8) is 0 Å². The molecule has 0 heterocycles. The number of rotatable bonds is 6. The van der Waals surface area contributed by atoms with Gasteiger partial charge in [0.2, 0.25) is 0 Å². The number of ether oxygens (including phenoxy) is 1. The molecule has 2 aromatic carbocycles. The molecule has 0 fully saturated rings. The highest BCUT2D eigenvalue weighted by atomic mass is 79.9. The molecule has 0 aliphatic heterocycles. The molecule has 0 radical (unpaired) electrons. The van der Waals surface area contributed by atoms with Gasteiger partial charge in [-0.05, 0) is 61.9 Å². The minimum atomic E-state index is -0.219. The fourth-order valence-corrected chi connectivity index (χ4v) is 2.40. The van der Waals surface area contributed by atoms with E-state index in [4.69, 9.17) is 4.74 Å². The van der Waals surface area contributed by atoms with Gasteiger partial charge in [0.1, 0.15) is 17.3 Å². The van der Waals surface area contributed by atoms with Crippen LogP contribution in [0.25, 0.3) is 0 Å². The third-order valence-corrected chi connectivity index (χ3v) is 3.62. The van der Waals surface area contributed by atoms with Gasteiger partial charge >= 0.3 is 0 Å². The van der Waals surface area contributed by atoms with Crippen LogP contribution in [0.2, 0.25) is 0 Å². The number of hydrogen-bond acceptors (Lipinski definition) is 2. The van der Waals surface area contributed by atoms with E-state index in [1.807, 2.05) is 18.2 Å². The van der Waals surface area contributed by atoms with Crippen molar-refractivity contribution < 1.29 is 9.13 Å². The molecule has 0 aromatic heterocycles. The summed E-state index contributed by atoms with van der Waals surface area (Å²) in [6, 6.07) is 10.7. The molecule has 21 heavy (non-hydrogen) atoms. The Labute approximate surface area is 133 Å². The van der Waals surface area contributed by atoms with Crippen LogP contribution in [0.4, 0.5) is 4.39 Å². The SMILES string of the molecule is CCCNCc1cc(Br)ccc1Oc1ccc(F)c(C)c1. The lowest BCUT2D eigenvalue weighted by Crippen LogP contribution is -2.14. The van der Waals surface area contributed by atoms with Gasteiger partial charge in [-0.15, -0.1) is 0 Å². The second-order valence-corrected chi connectivity index (χ2v) is 5.86. The van der Waals surface area contributed by atoms with Crippen LogP contribution < -0.4 is 10.1 Å². The van der Waals surface area contributed by atoms with Crippen molar-refractivity contribution in [3.8, 4) is 11.5 Å². The Morgan fingerprint density at radius 3 is 2.71 bits per heavy atom. The summed E-state index contributed by atoms with van der Waals surface area (Å²) >= 11 is 3.48. The first-order chi connectivity index (χ1) is 10.1. The number of hydrogen-bond donors (Lipinski definition) is 1. The Kier molecular flexibility index (Phi) is 5.76. The van der Waals surface area contributed by atoms with Crippen LogP contribution in [0.1, 0.15) is 24.5 Å². The Balaban J connectivity index is 2.19. The lowest BCUT2D eigenvalue weighted by molar-refractivity contribution is 0.470. The van der Waals surface area contributed by atoms with Crippen molar-refractivity contribution in [1.29, 1.82) is 0 Å². The maximum absolute atomic E-state index is 13.3. The molecule has 0 aliphatic rings. The zero-order valence-electron chi connectivity index (χ0n) is 12.2. The van der Waals surface area contributed by atoms with Crippen molar-refractivity contribution in [2.75, 3.05) is 6.54 Å². The van der Waals surface area contributed by atoms with E-state index in [1.54, 1.807) is 19.1 Å². The highest BCUT2D eigenvalue weighted by molar-refractivity contribution is 9.10. The van der Waals surface area contributed by atoms with E-state index in [2.05, 4.69) is 28.2 Å². The summed E-state index contributed by atoms with van der Waals surface area (Å²) in [4.78, 5) is 0. The summed E-state index contributed by atoms with van der Waals surface area (Å²) < 4.78 is 20.2. The first-order valence-corrected chi connectivity index (χ1v) is 7.82. The fourth-order valence-electron chi connectivity index (χ4n) is 1.99. The second-order valence-electron chi connectivity index (χ2n) is 4.94. The highest BCUT2D eigenvalue weighted by Gasteiger charge is 2.07. The Morgan fingerprint density at radius 1 is 1.19 bits per heavy atom. The molecule has 0 spiro atoms. The van der Waals surface area contributed by atoms with Crippen LogP contribution in [-0.4, -0.2) is 6.54 Å². The summed E-state index contributed by atoms with van der Waals surface area (Å²) in [5, 5.41) is 3.36. The van der Waals surface area contributed by atoms with Crippen LogP contribution in [-0.2, 0) is 6.54 Å². The molecular weight excluding hydrogens is 333 g/mol. The number of halogens is 2. The normalized spacial score (nSPS) is 10.7. The summed E-state index contributed by atoms with van der Waals surface area (Å²) in [6.45, 7) is 5.56. The maximum atomic E-state index is 13.3. The predicted molar refractivity (Wildman–Crippen MR) is 87.4 cm³/mol. The van der Waals surface area contributed by atoms with Crippen LogP contribution in [0.15, 0.2) is 40.9 Å². The van der Waals surface area contributed by atoms with Crippen molar-refractivity contribution in [3.05, 3.63) is 57.8 Å². The number of nitrogens with one attached hydrogen (secondary N) is 1. The van der Waals surface area contributed by atoms with Crippen molar-refractivity contribution in [1.82, 2.24) is 5.32 Å². The molecule has 2 nitrogen and oxygen atoms in total. The number of benzene rings is 2. The molecule has 0 saturated heterocycles. The second kappa shape index (κ2) is 7.57. The van der Waals surface area contributed by atoms with Crippen LogP contribution in [0.3, 0.4) is 0 Å². The van der Waals surface area contributed by atoms with Crippen LogP contribution in [0, 0.1) is 12.7 Å². The molecule has 2 rings (SSSR count). The van der Waals surface area contributed by atoms with Gasteiger partial charge in [0.25, 0.3) is 0 Å². The van der Waals surface area contributed by atoms with E-state index in [9.17, 15) is 4.39 Å². The predicted octanol–water partition coefficient (Wildman–Crippen LogP) is 5.19. The summed E-state index contributed by atoms with van der Waals surface area (Å²) in [5.41, 5.74) is 1.65. The molecule has 0 aliphatic carbocycles.